The maximum absolute atomic E-state index is 14.3. The van der Waals surface area contributed by atoms with Gasteiger partial charge in [-0.05, 0) is 70.6 Å². The Labute approximate surface area is 242 Å². The fourth-order valence-corrected chi connectivity index (χ4v) is 9.76. The first-order chi connectivity index (χ1) is 18.5. The molecule has 0 aromatic carbocycles. The molecule has 0 aromatic rings. The lowest BCUT2D eigenvalue weighted by molar-refractivity contribution is -0.197. The zero-order valence-electron chi connectivity index (χ0n) is 25.9. The van der Waals surface area contributed by atoms with Gasteiger partial charge in [-0.3, -0.25) is 19.2 Å². The Bertz CT molecular complexity index is 1200. The molecule has 4 aliphatic rings. The molecule has 9 heteroatoms. The molecule has 4 rings (SSSR count). The third kappa shape index (κ3) is 4.40. The fraction of sp³-hybridized carbons (Fsp3) is 0.812. The zero-order valence-corrected chi connectivity index (χ0v) is 25.9. The van der Waals surface area contributed by atoms with Crippen LogP contribution in [-0.2, 0) is 23.9 Å². The van der Waals surface area contributed by atoms with E-state index in [9.17, 15) is 39.6 Å². The summed E-state index contributed by atoms with van der Waals surface area (Å²) in [7, 11) is 0. The van der Waals surface area contributed by atoms with Crippen LogP contribution in [0.3, 0.4) is 0 Å². The number of esters is 1. The van der Waals surface area contributed by atoms with Crippen molar-refractivity contribution in [2.45, 2.75) is 124 Å². The molecule has 0 bridgehead atoms. The minimum atomic E-state index is -2.00. The summed E-state index contributed by atoms with van der Waals surface area (Å²) in [6.07, 6.45) is -1.54. The number of allylic oxidation sites excluding steroid dienone is 1. The van der Waals surface area contributed by atoms with Crippen LogP contribution in [0.1, 0.15) is 94.4 Å². The van der Waals surface area contributed by atoms with Gasteiger partial charge in [0, 0.05) is 42.4 Å². The minimum Gasteiger partial charge on any atom is -0.460 e. The predicted octanol–water partition coefficient (Wildman–Crippen LogP) is 2.69. The molecule has 230 valence electrons. The summed E-state index contributed by atoms with van der Waals surface area (Å²) in [5, 5.41) is 45.8. The summed E-state index contributed by atoms with van der Waals surface area (Å²) in [5.41, 5.74) is -6.37. The number of Topliss-reactive ketones (excluding diaryl/α,β-unsaturated/α-hetero) is 3. The molecule has 0 saturated heterocycles. The van der Waals surface area contributed by atoms with Crippen molar-refractivity contribution in [3.63, 3.8) is 0 Å². The Morgan fingerprint density at radius 1 is 1.02 bits per heavy atom. The first-order valence-corrected chi connectivity index (χ1v) is 14.8. The van der Waals surface area contributed by atoms with Gasteiger partial charge < -0.3 is 25.2 Å². The molecule has 9 nitrogen and oxygen atoms in total. The molecule has 0 unspecified atom stereocenters. The van der Waals surface area contributed by atoms with E-state index in [1.165, 1.54) is 13.8 Å². The van der Waals surface area contributed by atoms with E-state index in [1.54, 1.807) is 33.8 Å². The Hall–Kier alpha value is -1.94. The molecule has 41 heavy (non-hydrogen) atoms. The standard InChI is InChI=1S/C32H48O9/c1-16(33)41-27(2,3)11-10-22(37)32(9,40)25-21(36)14-29(6)24-19(34)12-17-18(13-20(35)26(39)28(17,4)5)31(24,8)23(38)15-30(25,29)7/h12,18-21,24-25,34-36,40H,10-11,13-15H2,1-9H3/t18-,19+,20+,21-,24+,25+,29+,30-,31-,32+/m1/s1. The van der Waals surface area contributed by atoms with E-state index in [4.69, 9.17) is 4.74 Å². The van der Waals surface area contributed by atoms with Gasteiger partial charge in [-0.1, -0.05) is 32.4 Å². The quantitative estimate of drug-likeness (QED) is 0.275. The van der Waals surface area contributed by atoms with Crippen LogP contribution in [0.2, 0.25) is 0 Å². The van der Waals surface area contributed by atoms with Gasteiger partial charge in [0.05, 0.1) is 12.2 Å². The normalized spacial score (nSPS) is 43.3. The molecule has 3 fully saturated rings. The second kappa shape index (κ2) is 9.53. The Morgan fingerprint density at radius 3 is 2.17 bits per heavy atom. The molecule has 4 aliphatic carbocycles. The summed E-state index contributed by atoms with van der Waals surface area (Å²) in [5.74, 6) is -3.66. The highest BCUT2D eigenvalue weighted by Gasteiger charge is 2.76. The Balaban J connectivity index is 1.75. The molecule has 0 aliphatic heterocycles. The molecule has 3 saturated carbocycles. The second-order valence-electron chi connectivity index (χ2n) is 15.3. The van der Waals surface area contributed by atoms with E-state index in [0.717, 1.165) is 0 Å². The molecule has 0 spiro atoms. The number of hydrogen-bond acceptors (Lipinski definition) is 9. The second-order valence-corrected chi connectivity index (χ2v) is 15.3. The fourth-order valence-electron chi connectivity index (χ4n) is 9.76. The summed E-state index contributed by atoms with van der Waals surface area (Å²) in [4.78, 5) is 52.3. The zero-order chi connectivity index (χ0) is 31.3. The van der Waals surface area contributed by atoms with Crippen molar-refractivity contribution in [1.82, 2.24) is 0 Å². The maximum atomic E-state index is 14.3. The number of carbonyl (C=O) groups excluding carboxylic acids is 4. The number of hydrogen-bond donors (Lipinski definition) is 4. The van der Waals surface area contributed by atoms with E-state index >= 15 is 0 Å². The third-order valence-electron chi connectivity index (χ3n) is 11.9. The minimum absolute atomic E-state index is 0.0401. The number of carbonyl (C=O) groups is 4. The van der Waals surface area contributed by atoms with Gasteiger partial charge in [0.1, 0.15) is 23.1 Å². The predicted molar refractivity (Wildman–Crippen MR) is 149 cm³/mol. The average Bonchev–Trinajstić information content (AvgIpc) is 3.01. The summed E-state index contributed by atoms with van der Waals surface area (Å²) in [6, 6.07) is 0. The van der Waals surface area contributed by atoms with Crippen LogP contribution in [-0.4, -0.2) is 73.3 Å². The average molecular weight is 577 g/mol. The highest BCUT2D eigenvalue weighted by atomic mass is 16.6. The van der Waals surface area contributed by atoms with E-state index in [-0.39, 0.29) is 43.7 Å². The third-order valence-corrected chi connectivity index (χ3v) is 11.9. The molecule has 0 heterocycles. The molecule has 0 amide bonds. The van der Waals surface area contributed by atoms with Crippen LogP contribution in [0.5, 0.6) is 0 Å². The van der Waals surface area contributed by atoms with Crippen LogP contribution >= 0.6 is 0 Å². The number of ketones is 3. The summed E-state index contributed by atoms with van der Waals surface area (Å²) < 4.78 is 5.30. The molecular weight excluding hydrogens is 528 g/mol. The number of ether oxygens (including phenoxy) is 1. The van der Waals surface area contributed by atoms with Crippen LogP contribution in [0.25, 0.3) is 0 Å². The van der Waals surface area contributed by atoms with E-state index < -0.39 is 80.7 Å². The Morgan fingerprint density at radius 2 is 1.61 bits per heavy atom. The molecule has 0 radical (unpaired) electrons. The van der Waals surface area contributed by atoms with Crippen LogP contribution in [0.4, 0.5) is 0 Å². The van der Waals surface area contributed by atoms with Crippen molar-refractivity contribution >= 4 is 23.3 Å². The lowest BCUT2D eigenvalue weighted by Crippen LogP contribution is -2.68. The topological polar surface area (TPSA) is 158 Å². The number of aliphatic hydroxyl groups is 4. The van der Waals surface area contributed by atoms with Crippen molar-refractivity contribution in [1.29, 1.82) is 0 Å². The highest BCUT2D eigenvalue weighted by molar-refractivity contribution is 5.95. The lowest BCUT2D eigenvalue weighted by atomic mass is 9.38. The van der Waals surface area contributed by atoms with Gasteiger partial charge >= 0.3 is 5.97 Å². The molecular formula is C32H48O9. The first kappa shape index (κ1) is 32.0. The largest absolute Gasteiger partial charge is 0.460 e. The van der Waals surface area contributed by atoms with Crippen molar-refractivity contribution in [3.05, 3.63) is 11.6 Å². The summed E-state index contributed by atoms with van der Waals surface area (Å²) in [6.45, 7) is 15.0. The number of fused-ring (bicyclic) bond motifs is 5. The SMILES string of the molecule is CC(=O)OC(C)(C)CCC(=O)[C@](C)(O)[C@H]1[C@H](O)C[C@@]2(C)[C@@H]3[C@@H](O)C=C4[C@@H](C[C@H](O)C(=O)C4(C)C)[C@]3(C)C(=O)C[C@]12C. The van der Waals surface area contributed by atoms with Crippen molar-refractivity contribution in [3.8, 4) is 0 Å². The van der Waals surface area contributed by atoms with Crippen LogP contribution in [0.15, 0.2) is 11.6 Å². The highest BCUT2D eigenvalue weighted by Crippen LogP contribution is 2.74. The number of aliphatic hydroxyl groups excluding tert-OH is 3. The van der Waals surface area contributed by atoms with Crippen LogP contribution in [0, 0.1) is 39.4 Å². The monoisotopic (exact) mass is 576 g/mol. The van der Waals surface area contributed by atoms with Gasteiger partial charge in [0.25, 0.3) is 0 Å². The van der Waals surface area contributed by atoms with Crippen LogP contribution < -0.4 is 0 Å². The van der Waals surface area contributed by atoms with E-state index in [0.29, 0.717) is 5.57 Å². The van der Waals surface area contributed by atoms with Gasteiger partial charge in [0.2, 0.25) is 0 Å². The smallest absolute Gasteiger partial charge is 0.303 e. The summed E-state index contributed by atoms with van der Waals surface area (Å²) >= 11 is 0. The maximum Gasteiger partial charge on any atom is 0.303 e. The van der Waals surface area contributed by atoms with Gasteiger partial charge in [0.15, 0.2) is 11.6 Å². The van der Waals surface area contributed by atoms with Gasteiger partial charge in [-0.2, -0.15) is 0 Å². The van der Waals surface area contributed by atoms with Crippen molar-refractivity contribution in [2.75, 3.05) is 0 Å². The molecule has 10 atom stereocenters. The van der Waals surface area contributed by atoms with E-state index in [1.807, 2.05) is 20.8 Å². The van der Waals surface area contributed by atoms with E-state index in [2.05, 4.69) is 0 Å². The van der Waals surface area contributed by atoms with Crippen molar-refractivity contribution in [2.24, 2.45) is 39.4 Å². The molecule has 4 N–H and O–H groups in total. The lowest BCUT2D eigenvalue weighted by Gasteiger charge is -2.65. The Kier molecular flexibility index (Phi) is 7.43. The van der Waals surface area contributed by atoms with Crippen molar-refractivity contribution < 1.29 is 44.3 Å². The first-order valence-electron chi connectivity index (χ1n) is 14.8. The molecule has 0 aromatic heterocycles. The van der Waals surface area contributed by atoms with Gasteiger partial charge in [-0.15, -0.1) is 0 Å². The van der Waals surface area contributed by atoms with Gasteiger partial charge in [-0.25, -0.2) is 0 Å². The number of rotatable bonds is 6.